The molecule has 1 aromatic rings. The van der Waals surface area contributed by atoms with Crippen LogP contribution >= 0.6 is 0 Å². The Kier molecular flexibility index (Phi) is 4.60. The van der Waals surface area contributed by atoms with Crippen LogP contribution < -0.4 is 10.1 Å². The Morgan fingerprint density at radius 2 is 2.13 bits per heavy atom. The van der Waals surface area contributed by atoms with E-state index in [2.05, 4.69) is 22.5 Å². The predicted octanol–water partition coefficient (Wildman–Crippen LogP) is 1.39. The summed E-state index contributed by atoms with van der Waals surface area (Å²) in [6.07, 6.45) is 8.17. The standard InChI is InChI=1S/C17H21N3O3/c1-18-16(21)15-10-13(6-8-19-15)23-14-7-9-20(11-14)17(22)12-4-2-3-5-12/h2-3,6,8,10,12,14H,4-5,7,9,11H2,1H3,(H,18,21). The molecule has 1 fully saturated rings. The van der Waals surface area contributed by atoms with E-state index in [9.17, 15) is 9.59 Å². The minimum Gasteiger partial charge on any atom is -0.488 e. The minimum atomic E-state index is -0.243. The molecule has 2 heterocycles. The van der Waals surface area contributed by atoms with Crippen LogP contribution in [0, 0.1) is 5.92 Å². The molecule has 1 N–H and O–H groups in total. The molecule has 2 aliphatic rings. The molecule has 0 radical (unpaired) electrons. The van der Waals surface area contributed by atoms with Crippen molar-refractivity contribution in [1.29, 1.82) is 0 Å². The lowest BCUT2D eigenvalue weighted by Crippen LogP contribution is -2.35. The third-order valence-electron chi connectivity index (χ3n) is 4.31. The SMILES string of the molecule is CNC(=O)c1cc(OC2CCN(C(=O)C3CC=CC3)C2)ccn1. The summed E-state index contributed by atoms with van der Waals surface area (Å²) < 4.78 is 5.92. The zero-order chi connectivity index (χ0) is 16.2. The van der Waals surface area contributed by atoms with Crippen LogP contribution in [0.2, 0.25) is 0 Å². The van der Waals surface area contributed by atoms with Crippen molar-refractivity contribution in [2.45, 2.75) is 25.4 Å². The van der Waals surface area contributed by atoms with E-state index in [4.69, 9.17) is 4.74 Å². The second-order valence-corrected chi connectivity index (χ2v) is 5.91. The van der Waals surface area contributed by atoms with E-state index in [-0.39, 0.29) is 23.8 Å². The molecule has 1 unspecified atom stereocenters. The van der Waals surface area contributed by atoms with E-state index in [0.717, 1.165) is 25.8 Å². The van der Waals surface area contributed by atoms with Gasteiger partial charge in [0.05, 0.1) is 6.54 Å². The van der Waals surface area contributed by atoms with Crippen LogP contribution in [0.3, 0.4) is 0 Å². The van der Waals surface area contributed by atoms with Gasteiger partial charge < -0.3 is 15.0 Å². The zero-order valence-electron chi connectivity index (χ0n) is 13.2. The highest BCUT2D eigenvalue weighted by Crippen LogP contribution is 2.24. The quantitative estimate of drug-likeness (QED) is 0.852. The highest BCUT2D eigenvalue weighted by molar-refractivity contribution is 5.92. The van der Waals surface area contributed by atoms with E-state index in [1.165, 1.54) is 0 Å². The van der Waals surface area contributed by atoms with Gasteiger partial charge >= 0.3 is 0 Å². The molecule has 1 aliphatic carbocycles. The van der Waals surface area contributed by atoms with Gasteiger partial charge in [-0.1, -0.05) is 12.2 Å². The number of amides is 2. The average Bonchev–Trinajstić information content (AvgIpc) is 3.25. The molecule has 0 saturated carbocycles. The molecule has 0 aromatic carbocycles. The fourth-order valence-electron chi connectivity index (χ4n) is 3.03. The van der Waals surface area contributed by atoms with Crippen LogP contribution in [0.25, 0.3) is 0 Å². The van der Waals surface area contributed by atoms with E-state index < -0.39 is 0 Å². The van der Waals surface area contributed by atoms with Gasteiger partial charge in [0, 0.05) is 38.2 Å². The molecule has 6 heteroatoms. The number of carbonyl (C=O) groups is 2. The number of aromatic nitrogens is 1. The summed E-state index contributed by atoms with van der Waals surface area (Å²) in [6, 6.07) is 3.36. The first kappa shape index (κ1) is 15.5. The maximum absolute atomic E-state index is 12.4. The summed E-state index contributed by atoms with van der Waals surface area (Å²) in [5.74, 6) is 0.698. The molecule has 0 bridgehead atoms. The largest absolute Gasteiger partial charge is 0.488 e. The Labute approximate surface area is 135 Å². The molecule has 1 atom stereocenters. The van der Waals surface area contributed by atoms with Gasteiger partial charge in [-0.25, -0.2) is 0 Å². The van der Waals surface area contributed by atoms with Gasteiger partial charge in [-0.05, 0) is 18.9 Å². The topological polar surface area (TPSA) is 71.5 Å². The zero-order valence-corrected chi connectivity index (χ0v) is 13.2. The minimum absolute atomic E-state index is 0.0340. The number of pyridine rings is 1. The molecule has 6 nitrogen and oxygen atoms in total. The lowest BCUT2D eigenvalue weighted by Gasteiger charge is -2.20. The maximum atomic E-state index is 12.4. The van der Waals surface area contributed by atoms with Crippen molar-refractivity contribution in [2.75, 3.05) is 20.1 Å². The highest BCUT2D eigenvalue weighted by Gasteiger charge is 2.32. The smallest absolute Gasteiger partial charge is 0.269 e. The Hall–Kier alpha value is -2.37. The molecule has 2 amide bonds. The second-order valence-electron chi connectivity index (χ2n) is 5.91. The Morgan fingerprint density at radius 3 is 2.87 bits per heavy atom. The van der Waals surface area contributed by atoms with Crippen LogP contribution in [0.5, 0.6) is 5.75 Å². The van der Waals surface area contributed by atoms with Crippen LogP contribution in [0.1, 0.15) is 29.8 Å². The third kappa shape index (κ3) is 3.52. The lowest BCUT2D eigenvalue weighted by molar-refractivity contribution is -0.134. The number of ether oxygens (including phenoxy) is 1. The van der Waals surface area contributed by atoms with E-state index >= 15 is 0 Å². The number of hydrogen-bond acceptors (Lipinski definition) is 4. The van der Waals surface area contributed by atoms with Crippen LogP contribution in [-0.4, -0.2) is 47.9 Å². The fourth-order valence-corrected chi connectivity index (χ4v) is 3.03. The van der Waals surface area contributed by atoms with Crippen molar-refractivity contribution in [2.24, 2.45) is 5.92 Å². The Bertz CT molecular complexity index is 621. The van der Waals surface area contributed by atoms with Crippen LogP contribution in [-0.2, 0) is 4.79 Å². The Morgan fingerprint density at radius 1 is 1.35 bits per heavy atom. The number of nitrogens with one attached hydrogen (secondary N) is 1. The molecule has 23 heavy (non-hydrogen) atoms. The third-order valence-corrected chi connectivity index (χ3v) is 4.31. The number of allylic oxidation sites excluding steroid dienone is 2. The summed E-state index contributed by atoms with van der Waals surface area (Å²) >= 11 is 0. The molecular weight excluding hydrogens is 294 g/mol. The molecule has 0 spiro atoms. The van der Waals surface area contributed by atoms with Crippen molar-refractivity contribution in [3.05, 3.63) is 36.2 Å². The van der Waals surface area contributed by atoms with Crippen molar-refractivity contribution in [3.63, 3.8) is 0 Å². The van der Waals surface area contributed by atoms with Crippen LogP contribution in [0.4, 0.5) is 0 Å². The van der Waals surface area contributed by atoms with Gasteiger partial charge in [-0.3, -0.25) is 14.6 Å². The first-order chi connectivity index (χ1) is 11.2. The molecule has 1 aliphatic heterocycles. The number of carbonyl (C=O) groups excluding carboxylic acids is 2. The number of rotatable bonds is 4. The van der Waals surface area contributed by atoms with Crippen molar-refractivity contribution in [3.8, 4) is 5.75 Å². The lowest BCUT2D eigenvalue weighted by atomic mass is 10.1. The Balaban J connectivity index is 1.57. The number of likely N-dealkylation sites (tertiary alicyclic amines) is 1. The molecule has 122 valence electrons. The summed E-state index contributed by atoms with van der Waals surface area (Å²) in [7, 11) is 1.57. The fraction of sp³-hybridized carbons (Fsp3) is 0.471. The molecule has 1 saturated heterocycles. The number of hydrogen-bond donors (Lipinski definition) is 1. The van der Waals surface area contributed by atoms with Crippen LogP contribution in [0.15, 0.2) is 30.5 Å². The van der Waals surface area contributed by atoms with Gasteiger partial charge in [0.15, 0.2) is 0 Å². The average molecular weight is 315 g/mol. The maximum Gasteiger partial charge on any atom is 0.269 e. The summed E-state index contributed by atoms with van der Waals surface area (Å²) in [6.45, 7) is 1.33. The van der Waals surface area contributed by atoms with Gasteiger partial charge in [-0.2, -0.15) is 0 Å². The summed E-state index contributed by atoms with van der Waals surface area (Å²) in [5.41, 5.74) is 0.327. The first-order valence-corrected chi connectivity index (χ1v) is 7.96. The summed E-state index contributed by atoms with van der Waals surface area (Å²) in [4.78, 5) is 29.9. The monoisotopic (exact) mass is 315 g/mol. The predicted molar refractivity (Wildman–Crippen MR) is 85.1 cm³/mol. The molecular formula is C17H21N3O3. The van der Waals surface area contributed by atoms with Crippen molar-refractivity contribution < 1.29 is 14.3 Å². The van der Waals surface area contributed by atoms with Crippen molar-refractivity contribution in [1.82, 2.24) is 15.2 Å². The van der Waals surface area contributed by atoms with Gasteiger partial charge in [0.25, 0.3) is 5.91 Å². The van der Waals surface area contributed by atoms with Crippen molar-refractivity contribution >= 4 is 11.8 Å². The van der Waals surface area contributed by atoms with Gasteiger partial charge in [-0.15, -0.1) is 0 Å². The summed E-state index contributed by atoms with van der Waals surface area (Å²) in [5, 5.41) is 2.54. The van der Waals surface area contributed by atoms with E-state index in [1.54, 1.807) is 25.4 Å². The van der Waals surface area contributed by atoms with Gasteiger partial charge in [0.1, 0.15) is 17.5 Å². The highest BCUT2D eigenvalue weighted by atomic mass is 16.5. The second kappa shape index (κ2) is 6.81. The molecule has 1 aromatic heterocycles. The van der Waals surface area contributed by atoms with Gasteiger partial charge in [0.2, 0.25) is 5.91 Å². The van der Waals surface area contributed by atoms with E-state index in [0.29, 0.717) is 18.0 Å². The first-order valence-electron chi connectivity index (χ1n) is 7.96. The molecule has 3 rings (SSSR count). The normalized spacial score (nSPS) is 20.7. The van der Waals surface area contributed by atoms with E-state index in [1.807, 2.05) is 4.90 Å². The number of nitrogens with zero attached hydrogens (tertiary/aromatic N) is 2.